The molecule has 4 aromatic rings. The van der Waals surface area contributed by atoms with Crippen molar-refractivity contribution in [3.8, 4) is 11.1 Å². The standard InChI is InChI=1S/C30H36ClFN8/c1-16-4-5-19-13-33-38-27(19)24(16)25-23(31)12-22-28(26(25)32)36-30(35-20-8-10-39(11-9-20)21-6-7-21)37-29(22)40-14-17(2)34-18(3)15-40/h4-5,12-13,17-18,20-21,34H,6-11,14-15H2,1-3H3,(H,33,38)(H,35,36,37)/t17-,18+. The number of rotatable bonds is 5. The number of hydrogen-bond acceptors (Lipinski definition) is 7. The lowest BCUT2D eigenvalue weighted by Crippen LogP contribution is -2.54. The molecular weight excluding hydrogens is 527 g/mol. The zero-order chi connectivity index (χ0) is 27.5. The highest BCUT2D eigenvalue weighted by molar-refractivity contribution is 6.35. The number of fused-ring (bicyclic) bond motifs is 2. The number of H-pyrrole nitrogens is 1. The summed E-state index contributed by atoms with van der Waals surface area (Å²) in [6.45, 7) is 9.99. The SMILES string of the molecule is Cc1ccc2cn[nH]c2c1-c1c(Cl)cc2c(N3C[C@@H](C)N[C@@H](C)C3)nc(NC3CCN(C4CC4)CC3)nc2c1F. The minimum absolute atomic E-state index is 0.261. The van der Waals surface area contributed by atoms with Crippen molar-refractivity contribution in [1.82, 2.24) is 30.4 Å². The molecule has 1 saturated carbocycles. The molecule has 10 heteroatoms. The van der Waals surface area contributed by atoms with E-state index in [4.69, 9.17) is 21.6 Å². The van der Waals surface area contributed by atoms with E-state index in [1.807, 2.05) is 25.1 Å². The van der Waals surface area contributed by atoms with Gasteiger partial charge in [0.25, 0.3) is 0 Å². The first kappa shape index (κ1) is 25.9. The van der Waals surface area contributed by atoms with Crippen LogP contribution in [-0.4, -0.2) is 75.4 Å². The van der Waals surface area contributed by atoms with E-state index in [1.54, 1.807) is 6.20 Å². The first-order chi connectivity index (χ1) is 19.4. The predicted octanol–water partition coefficient (Wildman–Crippen LogP) is 5.50. The number of benzene rings is 2. The molecule has 0 bridgehead atoms. The fraction of sp³-hybridized carbons (Fsp3) is 0.500. The number of anilines is 2. The molecule has 2 aliphatic heterocycles. The molecule has 7 rings (SSSR count). The lowest BCUT2D eigenvalue weighted by molar-refractivity contribution is 0.210. The van der Waals surface area contributed by atoms with Gasteiger partial charge in [0.1, 0.15) is 11.3 Å². The molecule has 3 fully saturated rings. The van der Waals surface area contributed by atoms with E-state index >= 15 is 4.39 Å². The van der Waals surface area contributed by atoms with E-state index < -0.39 is 5.82 Å². The van der Waals surface area contributed by atoms with Gasteiger partial charge in [-0.2, -0.15) is 10.1 Å². The Balaban J connectivity index is 1.35. The van der Waals surface area contributed by atoms with E-state index in [1.165, 1.54) is 12.8 Å². The molecule has 0 amide bonds. The van der Waals surface area contributed by atoms with Crippen molar-refractivity contribution in [2.24, 2.45) is 0 Å². The van der Waals surface area contributed by atoms with E-state index in [2.05, 4.69) is 44.5 Å². The first-order valence-corrected chi connectivity index (χ1v) is 14.9. The monoisotopic (exact) mass is 562 g/mol. The van der Waals surface area contributed by atoms with Crippen molar-refractivity contribution < 1.29 is 4.39 Å². The van der Waals surface area contributed by atoms with Crippen molar-refractivity contribution in [2.45, 2.75) is 70.6 Å². The third-order valence-corrected chi connectivity index (χ3v) is 9.02. The highest BCUT2D eigenvalue weighted by Crippen LogP contribution is 2.42. The summed E-state index contributed by atoms with van der Waals surface area (Å²) in [6.07, 6.45) is 6.46. The predicted molar refractivity (Wildman–Crippen MR) is 160 cm³/mol. The Morgan fingerprint density at radius 1 is 1.02 bits per heavy atom. The van der Waals surface area contributed by atoms with Crippen LogP contribution in [0.1, 0.15) is 45.1 Å². The maximum absolute atomic E-state index is 16.8. The van der Waals surface area contributed by atoms with Gasteiger partial charge in [0.2, 0.25) is 5.95 Å². The number of piperidine rings is 1. The van der Waals surface area contributed by atoms with E-state index in [0.717, 1.165) is 67.3 Å². The second-order valence-corrected chi connectivity index (χ2v) is 12.4. The summed E-state index contributed by atoms with van der Waals surface area (Å²) in [5.74, 6) is 0.779. The fourth-order valence-electron chi connectivity index (χ4n) is 6.69. The molecule has 8 nitrogen and oxygen atoms in total. The van der Waals surface area contributed by atoms with Gasteiger partial charge in [-0.05, 0) is 58.1 Å². The lowest BCUT2D eigenvalue weighted by atomic mass is 9.96. The van der Waals surface area contributed by atoms with Crippen LogP contribution in [0.25, 0.3) is 32.9 Å². The molecular formula is C30H36ClFN8. The molecule has 2 atom stereocenters. The van der Waals surface area contributed by atoms with Gasteiger partial charge < -0.3 is 20.4 Å². The molecule has 0 unspecified atom stereocenters. The van der Waals surface area contributed by atoms with Gasteiger partial charge >= 0.3 is 0 Å². The highest BCUT2D eigenvalue weighted by Gasteiger charge is 2.33. The first-order valence-electron chi connectivity index (χ1n) is 14.5. The number of aromatic amines is 1. The van der Waals surface area contributed by atoms with Crippen molar-refractivity contribution >= 4 is 45.2 Å². The Labute approximate surface area is 238 Å². The molecule has 4 heterocycles. The van der Waals surface area contributed by atoms with Crippen LogP contribution in [-0.2, 0) is 0 Å². The molecule has 0 spiro atoms. The Bertz CT molecular complexity index is 1570. The van der Waals surface area contributed by atoms with Crippen LogP contribution < -0.4 is 15.5 Å². The molecule has 210 valence electrons. The fourth-order valence-corrected chi connectivity index (χ4v) is 6.97. The maximum atomic E-state index is 16.8. The van der Waals surface area contributed by atoms with Gasteiger partial charge in [0, 0.05) is 72.2 Å². The molecule has 40 heavy (non-hydrogen) atoms. The number of likely N-dealkylation sites (tertiary alicyclic amines) is 1. The van der Waals surface area contributed by atoms with E-state index in [9.17, 15) is 0 Å². The molecule has 3 N–H and O–H groups in total. The number of halogens is 2. The third-order valence-electron chi connectivity index (χ3n) is 8.72. The van der Waals surface area contributed by atoms with Crippen molar-refractivity contribution in [2.75, 3.05) is 36.4 Å². The lowest BCUT2D eigenvalue weighted by Gasteiger charge is -2.37. The third kappa shape index (κ3) is 4.67. The van der Waals surface area contributed by atoms with Crippen molar-refractivity contribution in [3.05, 3.63) is 40.8 Å². The Kier molecular flexibility index (Phi) is 6.56. The number of aryl methyl sites for hydroxylation is 1. The normalized spacial score (nSPS) is 22.9. The number of nitrogens with zero attached hydrogens (tertiary/aromatic N) is 5. The smallest absolute Gasteiger partial charge is 0.225 e. The summed E-state index contributed by atoms with van der Waals surface area (Å²) in [5.41, 5.74) is 3.02. The summed E-state index contributed by atoms with van der Waals surface area (Å²) >= 11 is 6.91. The minimum atomic E-state index is -0.431. The number of hydrogen-bond donors (Lipinski definition) is 3. The quantitative estimate of drug-likeness (QED) is 0.296. The second-order valence-electron chi connectivity index (χ2n) is 12.0. The maximum Gasteiger partial charge on any atom is 0.225 e. The molecule has 0 radical (unpaired) electrons. The van der Waals surface area contributed by atoms with Crippen LogP contribution >= 0.6 is 11.6 Å². The summed E-state index contributed by atoms with van der Waals surface area (Å²) < 4.78 is 16.8. The van der Waals surface area contributed by atoms with Crippen LogP contribution in [0.4, 0.5) is 16.2 Å². The highest BCUT2D eigenvalue weighted by atomic mass is 35.5. The van der Waals surface area contributed by atoms with Gasteiger partial charge in [0.15, 0.2) is 5.82 Å². The average molecular weight is 563 g/mol. The topological polar surface area (TPSA) is 85.0 Å². The van der Waals surface area contributed by atoms with Crippen LogP contribution in [0.2, 0.25) is 5.02 Å². The average Bonchev–Trinajstić information content (AvgIpc) is 3.66. The second kappa shape index (κ2) is 10.1. The van der Waals surface area contributed by atoms with Gasteiger partial charge in [-0.3, -0.25) is 5.10 Å². The minimum Gasteiger partial charge on any atom is -0.353 e. The van der Waals surface area contributed by atoms with Crippen LogP contribution in [0.15, 0.2) is 24.4 Å². The Hall–Kier alpha value is -3.01. The summed E-state index contributed by atoms with van der Waals surface area (Å²) in [4.78, 5) is 14.7. The molecule has 2 aromatic carbocycles. The zero-order valence-corrected chi connectivity index (χ0v) is 24.0. The summed E-state index contributed by atoms with van der Waals surface area (Å²) in [7, 11) is 0. The largest absolute Gasteiger partial charge is 0.353 e. The van der Waals surface area contributed by atoms with Crippen LogP contribution in [0.5, 0.6) is 0 Å². The van der Waals surface area contributed by atoms with Gasteiger partial charge in [-0.1, -0.05) is 23.7 Å². The van der Waals surface area contributed by atoms with Crippen molar-refractivity contribution in [1.29, 1.82) is 0 Å². The van der Waals surface area contributed by atoms with Crippen molar-refractivity contribution in [3.63, 3.8) is 0 Å². The van der Waals surface area contributed by atoms with Gasteiger partial charge in [-0.25, -0.2) is 9.37 Å². The van der Waals surface area contributed by atoms with Gasteiger partial charge in [0.05, 0.1) is 16.7 Å². The molecule has 3 aliphatic rings. The number of piperazine rings is 1. The van der Waals surface area contributed by atoms with Gasteiger partial charge in [-0.15, -0.1) is 0 Å². The summed E-state index contributed by atoms with van der Waals surface area (Å²) in [6, 6.07) is 7.39. The number of aromatic nitrogens is 4. The zero-order valence-electron chi connectivity index (χ0n) is 23.3. The summed E-state index contributed by atoms with van der Waals surface area (Å²) in [5, 5.41) is 16.3. The van der Waals surface area contributed by atoms with Crippen LogP contribution in [0, 0.1) is 12.7 Å². The Morgan fingerprint density at radius 3 is 2.50 bits per heavy atom. The molecule has 2 aromatic heterocycles. The molecule has 1 aliphatic carbocycles. The van der Waals surface area contributed by atoms with E-state index in [0.29, 0.717) is 27.5 Å². The number of nitrogens with one attached hydrogen (secondary N) is 3. The molecule has 2 saturated heterocycles. The Morgan fingerprint density at radius 2 is 1.77 bits per heavy atom. The van der Waals surface area contributed by atoms with E-state index in [-0.39, 0.29) is 23.6 Å². The van der Waals surface area contributed by atoms with Crippen LogP contribution in [0.3, 0.4) is 0 Å².